The zero-order valence-corrected chi connectivity index (χ0v) is 18.6. The Kier molecular flexibility index (Phi) is 7.11. The minimum atomic E-state index is -0.0839. The summed E-state index contributed by atoms with van der Waals surface area (Å²) in [5, 5.41) is 2.98. The van der Waals surface area contributed by atoms with E-state index in [1.54, 1.807) is 12.6 Å². The number of hydrogen-bond acceptors (Lipinski definition) is 7. The van der Waals surface area contributed by atoms with Crippen LogP contribution in [0.4, 0.5) is 5.69 Å². The van der Waals surface area contributed by atoms with Gasteiger partial charge in [-0.2, -0.15) is 0 Å². The van der Waals surface area contributed by atoms with E-state index in [-0.39, 0.29) is 5.91 Å². The van der Waals surface area contributed by atoms with E-state index < -0.39 is 0 Å². The Morgan fingerprint density at radius 2 is 1.94 bits per heavy atom. The quantitative estimate of drug-likeness (QED) is 0.546. The lowest BCUT2D eigenvalue weighted by atomic mass is 10.0. The second kappa shape index (κ2) is 10.4. The molecule has 0 atom stereocenters. The van der Waals surface area contributed by atoms with Gasteiger partial charge in [0.25, 0.3) is 0 Å². The van der Waals surface area contributed by atoms with E-state index in [1.807, 2.05) is 32.0 Å². The summed E-state index contributed by atoms with van der Waals surface area (Å²) in [5.41, 5.74) is 5.03. The summed E-state index contributed by atoms with van der Waals surface area (Å²) in [6, 6.07) is 5.73. The number of hydrogen-bond donors (Lipinski definition) is 1. The normalized spacial score (nSPS) is 13.9. The molecule has 3 heterocycles. The van der Waals surface area contributed by atoms with Gasteiger partial charge < -0.3 is 14.5 Å². The predicted octanol–water partition coefficient (Wildman–Crippen LogP) is 3.79. The fourth-order valence-corrected chi connectivity index (χ4v) is 4.03. The van der Waals surface area contributed by atoms with Crippen molar-refractivity contribution in [3.05, 3.63) is 54.3 Å². The highest BCUT2D eigenvalue weighted by molar-refractivity contribution is 5.92. The minimum Gasteiger partial charge on any atom is -0.492 e. The molecule has 0 unspecified atom stereocenters. The van der Waals surface area contributed by atoms with Gasteiger partial charge in [-0.3, -0.25) is 9.69 Å². The number of aryl methyl sites for hydroxylation is 3. The molecular formula is C24H29N5O3. The molecule has 2 aromatic heterocycles. The van der Waals surface area contributed by atoms with Crippen molar-refractivity contribution in [2.75, 3.05) is 31.6 Å². The van der Waals surface area contributed by atoms with Gasteiger partial charge in [0.1, 0.15) is 24.9 Å². The maximum absolute atomic E-state index is 12.5. The summed E-state index contributed by atoms with van der Waals surface area (Å²) in [4.78, 5) is 27.7. The van der Waals surface area contributed by atoms with E-state index in [1.165, 1.54) is 19.2 Å². The molecule has 8 nitrogen and oxygen atoms in total. The molecule has 1 aliphatic rings. The van der Waals surface area contributed by atoms with Gasteiger partial charge in [-0.15, -0.1) is 0 Å². The molecule has 1 N–H and O–H groups in total. The van der Waals surface area contributed by atoms with E-state index in [0.717, 1.165) is 53.6 Å². The van der Waals surface area contributed by atoms with Crippen LogP contribution in [-0.2, 0) is 11.2 Å². The molecule has 0 bridgehead atoms. The number of carbonyl (C=O) groups is 1. The Labute approximate surface area is 188 Å². The summed E-state index contributed by atoms with van der Waals surface area (Å²) in [6.45, 7) is 7.72. The van der Waals surface area contributed by atoms with Crippen molar-refractivity contribution in [2.24, 2.45) is 0 Å². The Morgan fingerprint density at radius 1 is 1.16 bits per heavy atom. The number of nitrogens with one attached hydrogen (secondary N) is 1. The summed E-state index contributed by atoms with van der Waals surface area (Å²) < 4.78 is 11.1. The van der Waals surface area contributed by atoms with Gasteiger partial charge in [-0.25, -0.2) is 15.0 Å². The van der Waals surface area contributed by atoms with Gasteiger partial charge in [0.2, 0.25) is 5.91 Å². The SMILES string of the molecule is Cc1ncnc(C)c1-c1cc(NC(=O)CCc2cocn2)ccc1OCCN1CCCC1. The van der Waals surface area contributed by atoms with E-state index in [2.05, 4.69) is 25.2 Å². The van der Waals surface area contributed by atoms with E-state index >= 15 is 0 Å². The summed E-state index contributed by atoms with van der Waals surface area (Å²) in [7, 11) is 0. The first-order chi connectivity index (χ1) is 15.6. The monoisotopic (exact) mass is 435 g/mol. The first kappa shape index (κ1) is 22.0. The standard InChI is InChI=1S/C24H29N5O3/c1-17-24(18(2)26-15-25-17)21-13-19(28-23(30)8-6-20-14-31-16-27-20)5-7-22(21)32-12-11-29-9-3-4-10-29/h5,7,13-16H,3-4,6,8-12H2,1-2H3,(H,28,30). The van der Waals surface area contributed by atoms with Gasteiger partial charge in [-0.05, 0) is 58.0 Å². The number of amides is 1. The van der Waals surface area contributed by atoms with Crippen LogP contribution in [0.1, 0.15) is 36.3 Å². The molecule has 1 aromatic carbocycles. The number of carbonyl (C=O) groups excluding carboxylic acids is 1. The lowest BCUT2D eigenvalue weighted by Gasteiger charge is -2.18. The molecule has 0 radical (unpaired) electrons. The van der Waals surface area contributed by atoms with Gasteiger partial charge in [0, 0.05) is 47.6 Å². The zero-order chi connectivity index (χ0) is 22.3. The van der Waals surface area contributed by atoms with Crippen LogP contribution in [0.15, 0.2) is 41.6 Å². The molecule has 3 aromatic rings. The van der Waals surface area contributed by atoms with Crippen molar-refractivity contribution >= 4 is 11.6 Å². The molecule has 32 heavy (non-hydrogen) atoms. The first-order valence-electron chi connectivity index (χ1n) is 11.0. The molecule has 1 saturated heterocycles. The fraction of sp³-hybridized carbons (Fsp3) is 0.417. The predicted molar refractivity (Wildman–Crippen MR) is 122 cm³/mol. The maximum atomic E-state index is 12.5. The van der Waals surface area contributed by atoms with E-state index in [9.17, 15) is 4.79 Å². The van der Waals surface area contributed by atoms with Crippen molar-refractivity contribution < 1.29 is 13.9 Å². The van der Waals surface area contributed by atoms with Crippen molar-refractivity contribution in [3.8, 4) is 16.9 Å². The number of rotatable bonds is 9. The molecule has 8 heteroatoms. The second-order valence-electron chi connectivity index (χ2n) is 8.06. The molecule has 1 aliphatic heterocycles. The third-order valence-electron chi connectivity index (χ3n) is 5.71. The summed E-state index contributed by atoms with van der Waals surface area (Å²) in [5.74, 6) is 0.685. The van der Waals surface area contributed by atoms with Crippen LogP contribution >= 0.6 is 0 Å². The molecular weight excluding hydrogens is 406 g/mol. The maximum Gasteiger partial charge on any atom is 0.224 e. The lowest BCUT2D eigenvalue weighted by molar-refractivity contribution is -0.116. The Hall–Kier alpha value is -3.26. The fourth-order valence-electron chi connectivity index (χ4n) is 4.03. The molecule has 1 fully saturated rings. The first-order valence-corrected chi connectivity index (χ1v) is 11.0. The average Bonchev–Trinajstić information content (AvgIpc) is 3.48. The molecule has 1 amide bonds. The highest BCUT2D eigenvalue weighted by Gasteiger charge is 2.17. The smallest absolute Gasteiger partial charge is 0.224 e. The highest BCUT2D eigenvalue weighted by Crippen LogP contribution is 2.35. The van der Waals surface area contributed by atoms with Gasteiger partial charge in [-0.1, -0.05) is 0 Å². The van der Waals surface area contributed by atoms with Crippen molar-refractivity contribution in [1.29, 1.82) is 0 Å². The number of nitrogens with zero attached hydrogens (tertiary/aromatic N) is 4. The number of benzene rings is 1. The molecule has 168 valence electrons. The second-order valence-corrected chi connectivity index (χ2v) is 8.06. The van der Waals surface area contributed by atoms with Crippen LogP contribution in [-0.4, -0.2) is 52.0 Å². The molecule has 4 rings (SSSR count). The Morgan fingerprint density at radius 3 is 2.66 bits per heavy atom. The Bertz CT molecular complexity index is 1030. The van der Waals surface area contributed by atoms with Gasteiger partial charge in [0.15, 0.2) is 6.39 Å². The summed E-state index contributed by atoms with van der Waals surface area (Å²) >= 11 is 0. The summed E-state index contributed by atoms with van der Waals surface area (Å²) in [6.07, 6.45) is 7.86. The minimum absolute atomic E-state index is 0.0839. The van der Waals surface area contributed by atoms with Gasteiger partial charge in [0.05, 0.1) is 5.69 Å². The third kappa shape index (κ3) is 5.50. The largest absolute Gasteiger partial charge is 0.492 e. The van der Waals surface area contributed by atoms with Crippen molar-refractivity contribution in [1.82, 2.24) is 19.9 Å². The number of oxazole rings is 1. The zero-order valence-electron chi connectivity index (χ0n) is 18.6. The number of likely N-dealkylation sites (tertiary alicyclic amines) is 1. The van der Waals surface area contributed by atoms with Crippen LogP contribution in [0.5, 0.6) is 5.75 Å². The van der Waals surface area contributed by atoms with Crippen molar-refractivity contribution in [2.45, 2.75) is 39.5 Å². The number of aromatic nitrogens is 3. The van der Waals surface area contributed by atoms with Crippen LogP contribution in [0.25, 0.3) is 11.1 Å². The Balaban J connectivity index is 1.51. The third-order valence-corrected chi connectivity index (χ3v) is 5.71. The lowest BCUT2D eigenvalue weighted by Crippen LogP contribution is -2.25. The van der Waals surface area contributed by atoms with Crippen LogP contribution < -0.4 is 10.1 Å². The van der Waals surface area contributed by atoms with E-state index in [0.29, 0.717) is 25.1 Å². The van der Waals surface area contributed by atoms with Crippen LogP contribution in [0, 0.1) is 13.8 Å². The van der Waals surface area contributed by atoms with Crippen LogP contribution in [0.3, 0.4) is 0 Å². The van der Waals surface area contributed by atoms with E-state index in [4.69, 9.17) is 9.15 Å². The van der Waals surface area contributed by atoms with Crippen LogP contribution in [0.2, 0.25) is 0 Å². The van der Waals surface area contributed by atoms with Gasteiger partial charge >= 0.3 is 0 Å². The number of anilines is 1. The average molecular weight is 436 g/mol. The number of ether oxygens (including phenoxy) is 1. The topological polar surface area (TPSA) is 93.4 Å². The highest BCUT2D eigenvalue weighted by atomic mass is 16.5. The molecule has 0 aliphatic carbocycles. The molecule has 0 spiro atoms. The molecule has 0 saturated carbocycles. The van der Waals surface area contributed by atoms with Crippen molar-refractivity contribution in [3.63, 3.8) is 0 Å².